The fourth-order valence-electron chi connectivity index (χ4n) is 2.85. The smallest absolute Gasteiger partial charge is 0.123 e. The Labute approximate surface area is 126 Å². The topological polar surface area (TPSA) is 47.3 Å². The highest BCUT2D eigenvalue weighted by Gasteiger charge is 2.24. The lowest BCUT2D eigenvalue weighted by Crippen LogP contribution is -2.24. The zero-order valence-corrected chi connectivity index (χ0v) is 12.6. The monoisotopic (exact) mass is 282 g/mol. The SMILES string of the molecule is CC(C)Oc1cc(N)cc(NCC2Cc3ccccc32)c1. The minimum absolute atomic E-state index is 0.151. The molecule has 110 valence electrons. The number of rotatable bonds is 5. The average Bonchev–Trinajstić information content (AvgIpc) is 2.38. The molecule has 0 saturated heterocycles. The maximum absolute atomic E-state index is 5.94. The fourth-order valence-corrected chi connectivity index (χ4v) is 2.85. The van der Waals surface area contributed by atoms with E-state index in [2.05, 4.69) is 29.6 Å². The summed E-state index contributed by atoms with van der Waals surface area (Å²) in [7, 11) is 0. The van der Waals surface area contributed by atoms with Crippen LogP contribution in [0.3, 0.4) is 0 Å². The van der Waals surface area contributed by atoms with Gasteiger partial charge in [0, 0.05) is 36.0 Å². The number of ether oxygens (including phenoxy) is 1. The highest BCUT2D eigenvalue weighted by atomic mass is 16.5. The molecular weight excluding hydrogens is 260 g/mol. The molecule has 0 aliphatic heterocycles. The van der Waals surface area contributed by atoms with Crippen LogP contribution in [-0.2, 0) is 6.42 Å². The third-order valence-corrected chi connectivity index (χ3v) is 3.81. The first-order valence-corrected chi connectivity index (χ1v) is 7.50. The van der Waals surface area contributed by atoms with Crippen LogP contribution in [-0.4, -0.2) is 12.6 Å². The van der Waals surface area contributed by atoms with Crippen molar-refractivity contribution < 1.29 is 4.74 Å². The number of anilines is 2. The zero-order valence-electron chi connectivity index (χ0n) is 12.6. The minimum atomic E-state index is 0.151. The first kappa shape index (κ1) is 13.8. The largest absolute Gasteiger partial charge is 0.491 e. The first-order valence-electron chi connectivity index (χ1n) is 7.50. The third-order valence-electron chi connectivity index (χ3n) is 3.81. The van der Waals surface area contributed by atoms with Crippen LogP contribution in [0.25, 0.3) is 0 Å². The first-order chi connectivity index (χ1) is 10.1. The van der Waals surface area contributed by atoms with Gasteiger partial charge < -0.3 is 15.8 Å². The molecule has 1 aliphatic rings. The van der Waals surface area contributed by atoms with Gasteiger partial charge in [-0.25, -0.2) is 0 Å². The van der Waals surface area contributed by atoms with Gasteiger partial charge in [-0.15, -0.1) is 0 Å². The predicted molar refractivity (Wildman–Crippen MR) is 88.0 cm³/mol. The quantitative estimate of drug-likeness (QED) is 0.820. The van der Waals surface area contributed by atoms with E-state index < -0.39 is 0 Å². The predicted octanol–water partition coefficient (Wildman–Crippen LogP) is 3.81. The summed E-state index contributed by atoms with van der Waals surface area (Å²) in [6, 6.07) is 14.5. The van der Waals surface area contributed by atoms with Crippen molar-refractivity contribution >= 4 is 11.4 Å². The van der Waals surface area contributed by atoms with Crippen molar-refractivity contribution in [1.82, 2.24) is 0 Å². The molecule has 0 bridgehead atoms. The second-order valence-electron chi connectivity index (χ2n) is 5.94. The van der Waals surface area contributed by atoms with Gasteiger partial charge in [-0.2, -0.15) is 0 Å². The van der Waals surface area contributed by atoms with E-state index in [1.807, 2.05) is 32.0 Å². The molecule has 0 spiro atoms. The number of hydrogen-bond acceptors (Lipinski definition) is 3. The Kier molecular flexibility index (Phi) is 3.74. The minimum Gasteiger partial charge on any atom is -0.491 e. The van der Waals surface area contributed by atoms with E-state index in [0.717, 1.165) is 30.1 Å². The Morgan fingerprint density at radius 1 is 1.24 bits per heavy atom. The van der Waals surface area contributed by atoms with E-state index in [-0.39, 0.29) is 6.10 Å². The van der Waals surface area contributed by atoms with E-state index in [1.54, 1.807) is 0 Å². The molecule has 0 heterocycles. The maximum Gasteiger partial charge on any atom is 0.123 e. The third kappa shape index (κ3) is 3.13. The molecular formula is C18H22N2O. The zero-order chi connectivity index (χ0) is 14.8. The number of fused-ring (bicyclic) bond motifs is 1. The number of nitrogens with two attached hydrogens (primary N) is 1. The van der Waals surface area contributed by atoms with Crippen molar-refractivity contribution in [2.75, 3.05) is 17.6 Å². The molecule has 0 amide bonds. The van der Waals surface area contributed by atoms with Gasteiger partial charge in [-0.3, -0.25) is 0 Å². The molecule has 0 saturated carbocycles. The van der Waals surface area contributed by atoms with Crippen LogP contribution in [0.15, 0.2) is 42.5 Å². The van der Waals surface area contributed by atoms with Gasteiger partial charge in [0.2, 0.25) is 0 Å². The highest BCUT2D eigenvalue weighted by Crippen LogP contribution is 2.35. The molecule has 0 aromatic heterocycles. The molecule has 0 radical (unpaired) electrons. The van der Waals surface area contributed by atoms with Crippen molar-refractivity contribution in [3.63, 3.8) is 0 Å². The van der Waals surface area contributed by atoms with E-state index in [1.165, 1.54) is 11.1 Å². The average molecular weight is 282 g/mol. The Hall–Kier alpha value is -2.16. The van der Waals surface area contributed by atoms with Crippen LogP contribution in [0.4, 0.5) is 11.4 Å². The summed E-state index contributed by atoms with van der Waals surface area (Å²) in [4.78, 5) is 0. The summed E-state index contributed by atoms with van der Waals surface area (Å²) in [6.45, 7) is 4.96. The van der Waals surface area contributed by atoms with E-state index in [9.17, 15) is 0 Å². The Balaban J connectivity index is 1.65. The normalized spacial score (nSPS) is 16.2. The van der Waals surface area contributed by atoms with E-state index in [4.69, 9.17) is 10.5 Å². The van der Waals surface area contributed by atoms with Gasteiger partial charge in [0.05, 0.1) is 6.10 Å². The van der Waals surface area contributed by atoms with Crippen molar-refractivity contribution in [3.8, 4) is 5.75 Å². The van der Waals surface area contributed by atoms with Crippen LogP contribution >= 0.6 is 0 Å². The molecule has 3 N–H and O–H groups in total. The van der Waals surface area contributed by atoms with Crippen LogP contribution in [0.1, 0.15) is 30.9 Å². The van der Waals surface area contributed by atoms with Crippen molar-refractivity contribution in [2.45, 2.75) is 32.3 Å². The van der Waals surface area contributed by atoms with Crippen LogP contribution in [0.5, 0.6) is 5.75 Å². The van der Waals surface area contributed by atoms with E-state index >= 15 is 0 Å². The van der Waals surface area contributed by atoms with Gasteiger partial charge in [-0.1, -0.05) is 24.3 Å². The molecule has 1 aliphatic carbocycles. The summed E-state index contributed by atoms with van der Waals surface area (Å²) >= 11 is 0. The molecule has 3 heteroatoms. The maximum atomic E-state index is 5.94. The molecule has 1 atom stereocenters. The van der Waals surface area contributed by atoms with Gasteiger partial charge in [0.25, 0.3) is 0 Å². The number of hydrogen-bond donors (Lipinski definition) is 2. The second-order valence-corrected chi connectivity index (χ2v) is 5.94. The van der Waals surface area contributed by atoms with E-state index in [0.29, 0.717) is 5.92 Å². The summed E-state index contributed by atoms with van der Waals surface area (Å²) < 4.78 is 5.72. The van der Waals surface area contributed by atoms with Crippen molar-refractivity contribution in [1.29, 1.82) is 0 Å². The highest BCUT2D eigenvalue weighted by molar-refractivity contribution is 5.59. The van der Waals surface area contributed by atoms with Gasteiger partial charge >= 0.3 is 0 Å². The number of benzene rings is 2. The Morgan fingerprint density at radius 3 is 2.81 bits per heavy atom. The molecule has 21 heavy (non-hydrogen) atoms. The molecule has 2 aromatic carbocycles. The van der Waals surface area contributed by atoms with Crippen LogP contribution in [0, 0.1) is 0 Å². The van der Waals surface area contributed by atoms with Gasteiger partial charge in [0.1, 0.15) is 5.75 Å². The standard InChI is InChI=1S/C18H22N2O/c1-12(2)21-17-9-15(19)8-16(10-17)20-11-14-7-13-5-3-4-6-18(13)14/h3-6,8-10,12,14,20H,7,11,19H2,1-2H3. The fraction of sp³-hybridized carbons (Fsp3) is 0.333. The molecule has 0 fully saturated rings. The summed E-state index contributed by atoms with van der Waals surface area (Å²) in [5.41, 5.74) is 10.6. The lowest BCUT2D eigenvalue weighted by atomic mass is 9.77. The number of nitrogen functional groups attached to an aromatic ring is 1. The summed E-state index contributed by atoms with van der Waals surface area (Å²) in [5.74, 6) is 1.42. The molecule has 2 aromatic rings. The second kappa shape index (κ2) is 5.68. The van der Waals surface area contributed by atoms with Crippen LogP contribution < -0.4 is 15.8 Å². The molecule has 1 unspecified atom stereocenters. The Morgan fingerprint density at radius 2 is 2.05 bits per heavy atom. The van der Waals surface area contributed by atoms with Crippen LogP contribution in [0.2, 0.25) is 0 Å². The van der Waals surface area contributed by atoms with Crippen molar-refractivity contribution in [2.24, 2.45) is 0 Å². The van der Waals surface area contributed by atoms with Crippen molar-refractivity contribution in [3.05, 3.63) is 53.6 Å². The molecule has 3 nitrogen and oxygen atoms in total. The van der Waals surface area contributed by atoms with Gasteiger partial charge in [-0.05, 0) is 37.5 Å². The lowest BCUT2D eigenvalue weighted by Gasteiger charge is -2.30. The lowest BCUT2D eigenvalue weighted by molar-refractivity contribution is 0.242. The summed E-state index contributed by atoms with van der Waals surface area (Å²) in [5, 5.41) is 3.48. The molecule has 3 rings (SSSR count). The van der Waals surface area contributed by atoms with Gasteiger partial charge in [0.15, 0.2) is 0 Å². The summed E-state index contributed by atoms with van der Waals surface area (Å²) in [6.07, 6.45) is 1.30. The Bertz CT molecular complexity index is 637. The number of nitrogens with one attached hydrogen (secondary N) is 1.